The summed E-state index contributed by atoms with van der Waals surface area (Å²) in [6.45, 7) is 1.80. The third-order valence-corrected chi connectivity index (χ3v) is 1.90. The topological polar surface area (TPSA) is 26.1 Å². The fraction of sp³-hybridized carbons (Fsp3) is 0.500. The Bertz CT molecular complexity index is 169. The second-order valence-electron chi connectivity index (χ2n) is 2.64. The summed E-state index contributed by atoms with van der Waals surface area (Å²) in [6, 6.07) is 0. The average Bonchev–Trinajstić information content (AvgIpc) is 2.05. The van der Waals surface area contributed by atoms with E-state index in [2.05, 4.69) is 22.8 Å². The zero-order chi connectivity index (χ0) is 6.81. The van der Waals surface area contributed by atoms with Crippen LogP contribution in [0.2, 0.25) is 0 Å². The van der Waals surface area contributed by atoms with Crippen LogP contribution in [0.15, 0.2) is 23.4 Å². The average molecular weight is 135 g/mol. The molecule has 1 radical (unpaired) electrons. The number of nitrogens with one attached hydrogen (secondary N) is 1. The number of fused-ring (bicyclic) bond motifs is 1. The summed E-state index contributed by atoms with van der Waals surface area (Å²) in [5.41, 5.74) is 2.61. The van der Waals surface area contributed by atoms with E-state index in [0.717, 1.165) is 13.2 Å². The summed E-state index contributed by atoms with van der Waals surface area (Å²) in [5, 5.41) is 7.54. The van der Waals surface area contributed by atoms with Gasteiger partial charge in [-0.1, -0.05) is 12.2 Å². The summed E-state index contributed by atoms with van der Waals surface area (Å²) in [6.07, 6.45) is 6.87. The van der Waals surface area contributed by atoms with E-state index in [0.29, 0.717) is 0 Å². The molecule has 0 aromatic rings. The van der Waals surface area contributed by atoms with Gasteiger partial charge >= 0.3 is 0 Å². The van der Waals surface area contributed by atoms with Crippen LogP contribution < -0.4 is 10.6 Å². The molecule has 0 saturated carbocycles. The van der Waals surface area contributed by atoms with Crippen LogP contribution in [0.3, 0.4) is 0 Å². The molecular formula is C8H11N2. The summed E-state index contributed by atoms with van der Waals surface area (Å²) in [5.74, 6) is 0. The van der Waals surface area contributed by atoms with Gasteiger partial charge in [-0.3, -0.25) is 10.6 Å². The van der Waals surface area contributed by atoms with E-state index in [1.807, 2.05) is 0 Å². The van der Waals surface area contributed by atoms with Gasteiger partial charge in [0.25, 0.3) is 0 Å². The fourth-order valence-corrected chi connectivity index (χ4v) is 1.37. The smallest absolute Gasteiger partial charge is 0.0894 e. The molecule has 0 spiro atoms. The highest BCUT2D eigenvalue weighted by molar-refractivity contribution is 5.34. The number of rotatable bonds is 0. The molecule has 0 atom stereocenters. The molecule has 1 aliphatic heterocycles. The zero-order valence-corrected chi connectivity index (χ0v) is 5.93. The first-order valence-corrected chi connectivity index (χ1v) is 3.74. The summed E-state index contributed by atoms with van der Waals surface area (Å²) in [7, 11) is 0. The molecule has 0 unspecified atom stereocenters. The van der Waals surface area contributed by atoms with Crippen LogP contribution in [-0.2, 0) is 0 Å². The van der Waals surface area contributed by atoms with Crippen molar-refractivity contribution in [1.82, 2.24) is 10.6 Å². The number of hydrogen-bond donors (Lipinski definition) is 1. The minimum atomic E-state index is 0.795. The maximum Gasteiger partial charge on any atom is 0.0894 e. The molecular weight excluding hydrogens is 124 g/mol. The predicted octanol–water partition coefficient (Wildman–Crippen LogP) is 0.756. The van der Waals surface area contributed by atoms with Crippen molar-refractivity contribution in [3.63, 3.8) is 0 Å². The second-order valence-corrected chi connectivity index (χ2v) is 2.64. The van der Waals surface area contributed by atoms with Crippen molar-refractivity contribution < 1.29 is 0 Å². The molecule has 1 N–H and O–H groups in total. The summed E-state index contributed by atoms with van der Waals surface area (Å²) >= 11 is 0. The molecule has 0 amide bonds. The lowest BCUT2D eigenvalue weighted by atomic mass is 10.0. The standard InChI is InChI=1S/C8H11N2/c1-2-4-8-7(3-1)5-9-6-10-8/h3-4,9H,1-2,5-6H2. The first kappa shape index (κ1) is 5.98. The lowest BCUT2D eigenvalue weighted by molar-refractivity contribution is 0.602. The largest absolute Gasteiger partial charge is 0.294 e. The molecule has 1 fully saturated rings. The summed E-state index contributed by atoms with van der Waals surface area (Å²) in [4.78, 5) is 0. The highest BCUT2D eigenvalue weighted by atomic mass is 15.1. The van der Waals surface area contributed by atoms with Gasteiger partial charge in [0, 0.05) is 6.54 Å². The Kier molecular flexibility index (Phi) is 1.47. The molecule has 2 aliphatic rings. The van der Waals surface area contributed by atoms with Crippen LogP contribution in [0.1, 0.15) is 12.8 Å². The van der Waals surface area contributed by atoms with Crippen molar-refractivity contribution in [1.29, 1.82) is 0 Å². The van der Waals surface area contributed by atoms with E-state index in [1.54, 1.807) is 0 Å². The van der Waals surface area contributed by atoms with E-state index in [4.69, 9.17) is 0 Å². The third kappa shape index (κ3) is 0.948. The van der Waals surface area contributed by atoms with Crippen LogP contribution >= 0.6 is 0 Å². The monoisotopic (exact) mass is 135 g/mol. The van der Waals surface area contributed by atoms with Crippen molar-refractivity contribution in [2.75, 3.05) is 13.2 Å². The van der Waals surface area contributed by atoms with Gasteiger partial charge in [-0.05, 0) is 18.4 Å². The number of hydrogen-bond acceptors (Lipinski definition) is 1. The SMILES string of the molecule is C1=C2CNC[N]C2=CCC1. The quantitative estimate of drug-likeness (QED) is 0.521. The van der Waals surface area contributed by atoms with Crippen molar-refractivity contribution in [3.05, 3.63) is 23.4 Å². The molecule has 2 rings (SSSR count). The molecule has 1 heterocycles. The third-order valence-electron chi connectivity index (χ3n) is 1.90. The molecule has 1 aliphatic carbocycles. The zero-order valence-electron chi connectivity index (χ0n) is 5.93. The highest BCUT2D eigenvalue weighted by Gasteiger charge is 2.12. The lowest BCUT2D eigenvalue weighted by Gasteiger charge is -2.21. The van der Waals surface area contributed by atoms with Crippen LogP contribution in [-0.4, -0.2) is 13.2 Å². The minimum absolute atomic E-state index is 0.795. The van der Waals surface area contributed by atoms with Gasteiger partial charge in [0.2, 0.25) is 0 Å². The van der Waals surface area contributed by atoms with E-state index >= 15 is 0 Å². The highest BCUT2D eigenvalue weighted by Crippen LogP contribution is 2.17. The van der Waals surface area contributed by atoms with E-state index in [9.17, 15) is 0 Å². The Labute approximate surface area is 61.0 Å². The van der Waals surface area contributed by atoms with Crippen molar-refractivity contribution >= 4 is 0 Å². The van der Waals surface area contributed by atoms with Gasteiger partial charge in [-0.15, -0.1) is 0 Å². The Balaban J connectivity index is 2.19. The van der Waals surface area contributed by atoms with Gasteiger partial charge in [-0.2, -0.15) is 0 Å². The van der Waals surface area contributed by atoms with Gasteiger partial charge in [-0.25, -0.2) is 0 Å². The van der Waals surface area contributed by atoms with Gasteiger partial charge in [0.05, 0.1) is 12.4 Å². The normalized spacial score (nSPS) is 24.0. The Morgan fingerprint density at radius 2 is 2.20 bits per heavy atom. The lowest BCUT2D eigenvalue weighted by Crippen LogP contribution is -2.33. The van der Waals surface area contributed by atoms with Gasteiger partial charge < -0.3 is 0 Å². The van der Waals surface area contributed by atoms with Gasteiger partial charge in [0.15, 0.2) is 0 Å². The molecule has 53 valence electrons. The predicted molar refractivity (Wildman–Crippen MR) is 40.4 cm³/mol. The molecule has 0 aromatic carbocycles. The van der Waals surface area contributed by atoms with Crippen LogP contribution in [0, 0.1) is 0 Å². The van der Waals surface area contributed by atoms with Crippen molar-refractivity contribution in [2.24, 2.45) is 0 Å². The Morgan fingerprint density at radius 3 is 3.10 bits per heavy atom. The summed E-state index contributed by atoms with van der Waals surface area (Å²) < 4.78 is 0. The maximum atomic E-state index is 4.33. The van der Waals surface area contributed by atoms with Gasteiger partial charge in [0.1, 0.15) is 0 Å². The van der Waals surface area contributed by atoms with E-state index in [-0.39, 0.29) is 0 Å². The van der Waals surface area contributed by atoms with Crippen molar-refractivity contribution in [2.45, 2.75) is 12.8 Å². The van der Waals surface area contributed by atoms with E-state index in [1.165, 1.54) is 24.1 Å². The minimum Gasteiger partial charge on any atom is -0.294 e. The number of allylic oxidation sites excluding steroid dienone is 2. The molecule has 2 nitrogen and oxygen atoms in total. The first-order valence-electron chi connectivity index (χ1n) is 3.74. The van der Waals surface area contributed by atoms with Crippen LogP contribution in [0.25, 0.3) is 0 Å². The van der Waals surface area contributed by atoms with E-state index < -0.39 is 0 Å². The van der Waals surface area contributed by atoms with Crippen LogP contribution in [0.4, 0.5) is 0 Å². The molecule has 10 heavy (non-hydrogen) atoms. The van der Waals surface area contributed by atoms with Crippen LogP contribution in [0.5, 0.6) is 0 Å². The maximum absolute atomic E-state index is 4.33. The molecule has 1 saturated heterocycles. The molecule has 0 aromatic heterocycles. The Hall–Kier alpha value is -0.760. The fourth-order valence-electron chi connectivity index (χ4n) is 1.37. The van der Waals surface area contributed by atoms with Crippen molar-refractivity contribution in [3.8, 4) is 0 Å². The first-order chi connectivity index (χ1) is 4.97. The second kappa shape index (κ2) is 2.46. The molecule has 2 heteroatoms. The molecule has 0 bridgehead atoms. The number of nitrogens with zero attached hydrogens (tertiary/aromatic N) is 1. The Morgan fingerprint density at radius 1 is 1.30 bits per heavy atom.